The van der Waals surface area contributed by atoms with Gasteiger partial charge in [-0.1, -0.05) is 0 Å². The maximum Gasteiger partial charge on any atom is 0.202 e. The Balaban J connectivity index is 4.04. The van der Waals surface area contributed by atoms with Crippen molar-refractivity contribution in [1.82, 2.24) is 5.06 Å². The van der Waals surface area contributed by atoms with Crippen molar-refractivity contribution in [2.75, 3.05) is 26.3 Å². The zero-order valence-corrected chi connectivity index (χ0v) is 7.96. The third kappa shape index (κ3) is 5.45. The standard InChI is InChI=1S/C7H17NO6/c1-6(11,4-9)2-8(14)3-7(12,13)5-10/h9-14H,2-5H2,1H3. The molecule has 0 bridgehead atoms. The summed E-state index contributed by atoms with van der Waals surface area (Å²) in [5.41, 5.74) is -1.54. The average Bonchev–Trinajstić information content (AvgIpc) is 2.02. The number of hydrogen-bond donors (Lipinski definition) is 6. The summed E-state index contributed by atoms with van der Waals surface area (Å²) in [5, 5.41) is 53.7. The summed E-state index contributed by atoms with van der Waals surface area (Å²) in [6.45, 7) is -1.27. The van der Waals surface area contributed by atoms with Crippen LogP contribution < -0.4 is 0 Å². The molecule has 0 spiro atoms. The molecule has 7 nitrogen and oxygen atoms in total. The highest BCUT2D eigenvalue weighted by Gasteiger charge is 2.29. The van der Waals surface area contributed by atoms with Gasteiger partial charge < -0.3 is 30.7 Å². The summed E-state index contributed by atoms with van der Waals surface area (Å²) in [6, 6.07) is 0. The molecule has 1 atom stereocenters. The highest BCUT2D eigenvalue weighted by molar-refractivity contribution is 4.75. The molecule has 0 aliphatic carbocycles. The van der Waals surface area contributed by atoms with Crippen LogP contribution in [0.1, 0.15) is 6.92 Å². The van der Waals surface area contributed by atoms with Crippen molar-refractivity contribution in [3.05, 3.63) is 0 Å². The van der Waals surface area contributed by atoms with E-state index in [0.717, 1.165) is 0 Å². The van der Waals surface area contributed by atoms with Crippen LogP contribution in [-0.2, 0) is 0 Å². The van der Waals surface area contributed by atoms with Crippen molar-refractivity contribution < 1.29 is 30.7 Å². The van der Waals surface area contributed by atoms with Crippen LogP contribution >= 0.6 is 0 Å². The molecular formula is C7H17NO6. The molecule has 0 aromatic rings. The van der Waals surface area contributed by atoms with E-state index in [2.05, 4.69) is 0 Å². The van der Waals surface area contributed by atoms with Crippen LogP contribution in [0.4, 0.5) is 0 Å². The van der Waals surface area contributed by atoms with E-state index >= 15 is 0 Å². The minimum absolute atomic E-state index is 0.369. The van der Waals surface area contributed by atoms with Crippen molar-refractivity contribution in [3.8, 4) is 0 Å². The minimum atomic E-state index is -2.43. The third-order valence-electron chi connectivity index (χ3n) is 1.55. The smallest absolute Gasteiger partial charge is 0.202 e. The first-order chi connectivity index (χ1) is 6.22. The van der Waals surface area contributed by atoms with Gasteiger partial charge in [-0.05, 0) is 6.92 Å². The Morgan fingerprint density at radius 2 is 1.50 bits per heavy atom. The molecule has 0 aromatic heterocycles. The zero-order valence-electron chi connectivity index (χ0n) is 7.96. The van der Waals surface area contributed by atoms with Crippen molar-refractivity contribution in [3.63, 3.8) is 0 Å². The highest BCUT2D eigenvalue weighted by atomic mass is 16.5. The molecule has 7 heteroatoms. The fourth-order valence-corrected chi connectivity index (χ4v) is 0.841. The Labute approximate surface area is 81.4 Å². The van der Waals surface area contributed by atoms with Crippen molar-refractivity contribution in [2.45, 2.75) is 18.3 Å². The van der Waals surface area contributed by atoms with Gasteiger partial charge in [0.2, 0.25) is 5.79 Å². The van der Waals surface area contributed by atoms with Gasteiger partial charge in [0, 0.05) is 0 Å². The Kier molecular flexibility index (Phi) is 4.89. The van der Waals surface area contributed by atoms with Crippen molar-refractivity contribution in [1.29, 1.82) is 0 Å². The highest BCUT2D eigenvalue weighted by Crippen LogP contribution is 2.07. The van der Waals surface area contributed by atoms with E-state index in [0.29, 0.717) is 5.06 Å². The SMILES string of the molecule is CC(O)(CO)CN(O)CC(O)(O)CO. The lowest BCUT2D eigenvalue weighted by molar-refractivity contribution is -0.249. The van der Waals surface area contributed by atoms with Gasteiger partial charge in [-0.25, -0.2) is 0 Å². The Bertz CT molecular complexity index is 154. The summed E-state index contributed by atoms with van der Waals surface area (Å²) < 4.78 is 0. The Morgan fingerprint density at radius 1 is 1.00 bits per heavy atom. The molecule has 86 valence electrons. The zero-order chi connectivity index (χ0) is 11.4. The summed E-state index contributed by atoms with van der Waals surface area (Å²) in [4.78, 5) is 0. The van der Waals surface area contributed by atoms with Gasteiger partial charge >= 0.3 is 0 Å². The lowest BCUT2D eigenvalue weighted by Crippen LogP contribution is -2.50. The fraction of sp³-hybridized carbons (Fsp3) is 1.00. The van der Waals surface area contributed by atoms with Gasteiger partial charge in [-0.3, -0.25) is 0 Å². The summed E-state index contributed by atoms with van der Waals surface area (Å²) in [5.74, 6) is -2.43. The van der Waals surface area contributed by atoms with E-state index in [1.807, 2.05) is 0 Å². The van der Waals surface area contributed by atoms with E-state index < -0.39 is 31.1 Å². The summed E-state index contributed by atoms with van der Waals surface area (Å²) >= 11 is 0. The first-order valence-corrected chi connectivity index (χ1v) is 4.05. The number of aliphatic hydroxyl groups is 5. The quantitative estimate of drug-likeness (QED) is 0.205. The molecule has 0 amide bonds. The lowest BCUT2D eigenvalue weighted by Gasteiger charge is -2.29. The number of aliphatic hydroxyl groups excluding tert-OH is 2. The summed E-state index contributed by atoms with van der Waals surface area (Å²) in [6.07, 6.45) is 0. The number of hydrogen-bond acceptors (Lipinski definition) is 7. The third-order valence-corrected chi connectivity index (χ3v) is 1.55. The van der Waals surface area contributed by atoms with Crippen LogP contribution in [0.25, 0.3) is 0 Å². The number of hydroxylamine groups is 2. The predicted molar refractivity (Wildman–Crippen MR) is 45.3 cm³/mol. The number of rotatable bonds is 6. The normalized spacial score (nSPS) is 17.1. The second-order valence-electron chi connectivity index (χ2n) is 3.62. The second kappa shape index (κ2) is 4.99. The van der Waals surface area contributed by atoms with Crippen LogP contribution in [0.5, 0.6) is 0 Å². The molecule has 0 aromatic carbocycles. The van der Waals surface area contributed by atoms with Crippen LogP contribution in [0.2, 0.25) is 0 Å². The molecule has 0 rings (SSSR count). The first kappa shape index (κ1) is 13.7. The Morgan fingerprint density at radius 3 is 1.86 bits per heavy atom. The molecule has 0 fully saturated rings. The van der Waals surface area contributed by atoms with Crippen molar-refractivity contribution >= 4 is 0 Å². The van der Waals surface area contributed by atoms with Crippen LogP contribution in [-0.4, -0.2) is 73.5 Å². The van der Waals surface area contributed by atoms with E-state index in [1.54, 1.807) is 0 Å². The van der Waals surface area contributed by atoms with Crippen molar-refractivity contribution in [2.24, 2.45) is 0 Å². The monoisotopic (exact) mass is 211 g/mol. The maximum absolute atomic E-state index is 9.29. The molecular weight excluding hydrogens is 194 g/mol. The molecule has 6 N–H and O–H groups in total. The maximum atomic E-state index is 9.29. The largest absolute Gasteiger partial charge is 0.393 e. The molecule has 0 aliphatic rings. The van der Waals surface area contributed by atoms with E-state index in [9.17, 15) is 5.11 Å². The minimum Gasteiger partial charge on any atom is -0.393 e. The van der Waals surface area contributed by atoms with E-state index in [1.165, 1.54) is 6.92 Å². The van der Waals surface area contributed by atoms with Gasteiger partial charge in [0.1, 0.15) is 0 Å². The lowest BCUT2D eigenvalue weighted by atomic mass is 10.1. The number of nitrogens with zero attached hydrogens (tertiary/aromatic N) is 1. The second-order valence-corrected chi connectivity index (χ2v) is 3.62. The van der Waals surface area contributed by atoms with Gasteiger partial charge in [0.25, 0.3) is 0 Å². The van der Waals surface area contributed by atoms with Gasteiger partial charge in [0.15, 0.2) is 0 Å². The average molecular weight is 211 g/mol. The van der Waals surface area contributed by atoms with Gasteiger partial charge in [0.05, 0.1) is 31.9 Å². The molecule has 0 radical (unpaired) electrons. The molecule has 0 heterocycles. The Hall–Kier alpha value is -0.280. The molecule has 0 saturated carbocycles. The van der Waals surface area contributed by atoms with Crippen LogP contribution in [0, 0.1) is 0 Å². The van der Waals surface area contributed by atoms with Crippen LogP contribution in [0.3, 0.4) is 0 Å². The summed E-state index contributed by atoms with van der Waals surface area (Å²) in [7, 11) is 0. The molecule has 14 heavy (non-hydrogen) atoms. The molecule has 0 aliphatic heterocycles. The fourth-order valence-electron chi connectivity index (χ4n) is 0.841. The predicted octanol–water partition coefficient (Wildman–Crippen LogP) is -2.91. The first-order valence-electron chi connectivity index (χ1n) is 4.05. The van der Waals surface area contributed by atoms with Gasteiger partial charge in [-0.2, -0.15) is 5.06 Å². The van der Waals surface area contributed by atoms with E-state index in [4.69, 9.17) is 25.6 Å². The molecule has 0 saturated heterocycles. The topological polar surface area (TPSA) is 125 Å². The van der Waals surface area contributed by atoms with Gasteiger partial charge in [-0.15, -0.1) is 0 Å². The van der Waals surface area contributed by atoms with E-state index in [-0.39, 0.29) is 6.54 Å². The van der Waals surface area contributed by atoms with Crippen LogP contribution in [0.15, 0.2) is 0 Å². The molecule has 1 unspecified atom stereocenters.